The third-order valence-corrected chi connectivity index (χ3v) is 4.17. The molecule has 2 rings (SSSR count). The predicted molar refractivity (Wildman–Crippen MR) is 96.1 cm³/mol. The molecule has 24 heavy (non-hydrogen) atoms. The predicted octanol–water partition coefficient (Wildman–Crippen LogP) is 3.70. The highest BCUT2D eigenvalue weighted by Crippen LogP contribution is 2.30. The first kappa shape index (κ1) is 18.7. The van der Waals surface area contributed by atoms with Crippen LogP contribution in [0, 0.1) is 0 Å². The summed E-state index contributed by atoms with van der Waals surface area (Å²) in [4.78, 5) is 2.17. The Morgan fingerprint density at radius 3 is 2.00 bits per heavy atom. The van der Waals surface area contributed by atoms with Gasteiger partial charge >= 0.3 is 0 Å². The van der Waals surface area contributed by atoms with E-state index in [1.807, 2.05) is 48.5 Å². The van der Waals surface area contributed by atoms with Gasteiger partial charge in [-0.2, -0.15) is 0 Å². The first-order chi connectivity index (χ1) is 11.7. The van der Waals surface area contributed by atoms with Gasteiger partial charge in [0, 0.05) is 15.3 Å². The first-order valence-corrected chi connectivity index (χ1v) is 8.64. The topological polar surface area (TPSA) is 58.9 Å². The maximum atomic E-state index is 9.26. The quantitative estimate of drug-likeness (QED) is 0.708. The van der Waals surface area contributed by atoms with E-state index in [2.05, 4.69) is 0 Å². The number of halogens is 1. The van der Waals surface area contributed by atoms with E-state index in [1.54, 1.807) is 17.8 Å². The largest absolute Gasteiger partial charge is 0.491 e. The molecule has 6 heteroatoms. The van der Waals surface area contributed by atoms with Crippen LogP contribution < -0.4 is 9.47 Å². The van der Waals surface area contributed by atoms with Crippen LogP contribution in [0.15, 0.2) is 69.9 Å². The van der Waals surface area contributed by atoms with Crippen LogP contribution >= 0.6 is 23.4 Å². The smallest absolute Gasteiger partial charge is 0.119 e. The number of hydrogen-bond donors (Lipinski definition) is 2. The third kappa shape index (κ3) is 6.45. The van der Waals surface area contributed by atoms with Crippen molar-refractivity contribution in [1.29, 1.82) is 0 Å². The van der Waals surface area contributed by atoms with E-state index in [4.69, 9.17) is 26.2 Å². The normalized spacial score (nSPS) is 12.3. The fourth-order valence-corrected chi connectivity index (χ4v) is 2.66. The van der Waals surface area contributed by atoms with Gasteiger partial charge in [0.2, 0.25) is 0 Å². The summed E-state index contributed by atoms with van der Waals surface area (Å²) < 4.78 is 10.9. The molecule has 0 saturated heterocycles. The summed E-state index contributed by atoms with van der Waals surface area (Å²) in [5.41, 5.74) is 1.43. The van der Waals surface area contributed by atoms with Crippen molar-refractivity contribution in [3.05, 3.63) is 60.1 Å². The molecule has 0 amide bonds. The van der Waals surface area contributed by atoms with Gasteiger partial charge in [0.15, 0.2) is 0 Å². The molecule has 0 aliphatic rings. The molecule has 0 saturated carbocycles. The average Bonchev–Trinajstić information content (AvgIpc) is 2.62. The van der Waals surface area contributed by atoms with Gasteiger partial charge in [-0.25, -0.2) is 0 Å². The Labute approximate surface area is 150 Å². The van der Waals surface area contributed by atoms with Crippen molar-refractivity contribution >= 4 is 23.4 Å². The lowest BCUT2D eigenvalue weighted by molar-refractivity contribution is 0.0536. The van der Waals surface area contributed by atoms with Gasteiger partial charge in [-0.1, -0.05) is 23.4 Å². The molecule has 0 radical (unpaired) electrons. The minimum atomic E-state index is -0.861. The Morgan fingerprint density at radius 1 is 0.958 bits per heavy atom. The molecular weight excluding hydrogens is 348 g/mol. The Balaban J connectivity index is 1.86. The van der Waals surface area contributed by atoms with Crippen LogP contribution in [-0.4, -0.2) is 36.1 Å². The summed E-state index contributed by atoms with van der Waals surface area (Å²) >= 11 is 7.07. The zero-order valence-corrected chi connectivity index (χ0v) is 14.5. The highest BCUT2D eigenvalue weighted by molar-refractivity contribution is 7.99. The molecular formula is C18H19ClO4S. The minimum absolute atomic E-state index is 0.0728. The molecule has 2 aromatic rings. The van der Waals surface area contributed by atoms with E-state index in [0.29, 0.717) is 12.4 Å². The van der Waals surface area contributed by atoms with Crippen molar-refractivity contribution in [3.63, 3.8) is 0 Å². The minimum Gasteiger partial charge on any atom is -0.491 e. The lowest BCUT2D eigenvalue weighted by Crippen LogP contribution is -2.21. The number of aliphatic hydroxyl groups is 2. The van der Waals surface area contributed by atoms with Crippen molar-refractivity contribution in [1.82, 2.24) is 0 Å². The molecule has 0 fully saturated rings. The molecule has 2 aromatic carbocycles. The maximum absolute atomic E-state index is 9.26. The number of hydrogen-bond acceptors (Lipinski definition) is 5. The lowest BCUT2D eigenvalue weighted by atomic mass is 10.3. The van der Waals surface area contributed by atoms with E-state index >= 15 is 0 Å². The van der Waals surface area contributed by atoms with Crippen LogP contribution in [0.5, 0.6) is 11.5 Å². The van der Waals surface area contributed by atoms with Gasteiger partial charge < -0.3 is 19.7 Å². The van der Waals surface area contributed by atoms with Gasteiger partial charge in [-0.3, -0.25) is 0 Å². The SMILES string of the molecule is OCC(O)COc1ccc(Sc2ccc(OC/C=C/Cl)cc2)cc1. The number of ether oxygens (including phenoxy) is 2. The zero-order chi connectivity index (χ0) is 17.2. The fourth-order valence-electron chi connectivity index (χ4n) is 1.77. The molecule has 0 bridgehead atoms. The van der Waals surface area contributed by atoms with Crippen LogP contribution in [0.25, 0.3) is 0 Å². The number of aliphatic hydroxyl groups excluding tert-OH is 2. The Hall–Kier alpha value is -1.66. The molecule has 2 N–H and O–H groups in total. The average molecular weight is 367 g/mol. The number of rotatable bonds is 9. The molecule has 128 valence electrons. The summed E-state index contributed by atoms with van der Waals surface area (Å²) in [7, 11) is 0. The second-order valence-electron chi connectivity index (χ2n) is 4.86. The standard InChI is InChI=1S/C18H19ClO4S/c19-10-1-11-22-15-2-6-17(7-3-15)24-18-8-4-16(5-9-18)23-13-14(21)12-20/h1-10,14,20-21H,11-13H2/b10-1+. The Bertz CT molecular complexity index is 628. The fraction of sp³-hybridized carbons (Fsp3) is 0.222. The van der Waals surface area contributed by atoms with E-state index in [0.717, 1.165) is 15.5 Å². The molecule has 1 unspecified atom stereocenters. The van der Waals surface area contributed by atoms with Gasteiger partial charge in [-0.15, -0.1) is 0 Å². The molecule has 0 aliphatic heterocycles. The van der Waals surface area contributed by atoms with Crippen LogP contribution in [0.1, 0.15) is 0 Å². The number of benzene rings is 2. The Kier molecular flexibility index (Phi) is 7.98. The first-order valence-electron chi connectivity index (χ1n) is 7.39. The van der Waals surface area contributed by atoms with E-state index in [-0.39, 0.29) is 13.2 Å². The van der Waals surface area contributed by atoms with Crippen LogP contribution in [-0.2, 0) is 0 Å². The molecule has 1 atom stereocenters. The highest BCUT2D eigenvalue weighted by Gasteiger charge is 2.04. The van der Waals surface area contributed by atoms with Crippen LogP contribution in [0.2, 0.25) is 0 Å². The highest BCUT2D eigenvalue weighted by atomic mass is 35.5. The monoisotopic (exact) mass is 366 g/mol. The maximum Gasteiger partial charge on any atom is 0.119 e. The second-order valence-corrected chi connectivity index (χ2v) is 6.26. The van der Waals surface area contributed by atoms with Crippen molar-refractivity contribution < 1.29 is 19.7 Å². The van der Waals surface area contributed by atoms with Crippen LogP contribution in [0.3, 0.4) is 0 Å². The summed E-state index contributed by atoms with van der Waals surface area (Å²) in [6.07, 6.45) is 0.868. The van der Waals surface area contributed by atoms with E-state index in [9.17, 15) is 5.11 Å². The summed E-state index contributed by atoms with van der Waals surface area (Å²) in [6, 6.07) is 15.4. The van der Waals surface area contributed by atoms with Gasteiger partial charge in [0.1, 0.15) is 30.8 Å². The molecule has 0 heterocycles. The van der Waals surface area contributed by atoms with Gasteiger partial charge in [0.05, 0.1) is 6.61 Å². The summed E-state index contributed by atoms with van der Waals surface area (Å²) in [6.45, 7) is 0.210. The zero-order valence-electron chi connectivity index (χ0n) is 13.0. The molecule has 0 aliphatic carbocycles. The summed E-state index contributed by atoms with van der Waals surface area (Å²) in [5.74, 6) is 1.45. The van der Waals surface area contributed by atoms with Crippen LogP contribution in [0.4, 0.5) is 0 Å². The molecule has 0 aromatic heterocycles. The molecule has 4 nitrogen and oxygen atoms in total. The lowest BCUT2D eigenvalue weighted by Gasteiger charge is -2.10. The second kappa shape index (κ2) is 10.3. The van der Waals surface area contributed by atoms with E-state index in [1.165, 1.54) is 5.54 Å². The Morgan fingerprint density at radius 2 is 1.50 bits per heavy atom. The van der Waals surface area contributed by atoms with Crippen molar-refractivity contribution in [2.24, 2.45) is 0 Å². The van der Waals surface area contributed by atoms with Crippen molar-refractivity contribution in [3.8, 4) is 11.5 Å². The van der Waals surface area contributed by atoms with Gasteiger partial charge in [0.25, 0.3) is 0 Å². The van der Waals surface area contributed by atoms with E-state index < -0.39 is 6.10 Å². The molecule has 0 spiro atoms. The van der Waals surface area contributed by atoms with Crippen molar-refractivity contribution in [2.75, 3.05) is 19.8 Å². The summed E-state index contributed by atoms with van der Waals surface area (Å²) in [5, 5.41) is 18.0. The third-order valence-electron chi connectivity index (χ3n) is 2.97. The van der Waals surface area contributed by atoms with Gasteiger partial charge in [-0.05, 0) is 54.6 Å². The van der Waals surface area contributed by atoms with Crippen molar-refractivity contribution in [2.45, 2.75) is 15.9 Å².